The Kier molecular flexibility index (Phi) is 3.87. The van der Waals surface area contributed by atoms with Gasteiger partial charge in [-0.3, -0.25) is 4.79 Å². The van der Waals surface area contributed by atoms with E-state index in [2.05, 4.69) is 10.3 Å². The Balaban J connectivity index is 1.86. The van der Waals surface area contributed by atoms with E-state index in [4.69, 9.17) is 27.6 Å². The van der Waals surface area contributed by atoms with Gasteiger partial charge in [0.25, 0.3) is 0 Å². The fourth-order valence-electron chi connectivity index (χ4n) is 1.97. The fourth-order valence-corrected chi connectivity index (χ4v) is 2.30. The van der Waals surface area contributed by atoms with E-state index < -0.39 is 11.7 Å². The standard InChI is InChI=1S/C14H9Cl2N3O3/c15-8-3-4-9(16)10(6-8)18-12(20)7-19-13-11(22-14(19)21)2-1-5-17-13/h1-6H,7H2,(H,18,20). The number of nitrogens with one attached hydrogen (secondary N) is 1. The molecule has 3 rings (SSSR count). The van der Waals surface area contributed by atoms with Crippen LogP contribution in [0.2, 0.25) is 10.0 Å². The Labute approximate surface area is 134 Å². The number of aromatic nitrogens is 2. The number of carbonyl (C=O) groups excluding carboxylic acids is 1. The van der Waals surface area contributed by atoms with Crippen LogP contribution in [0.3, 0.4) is 0 Å². The summed E-state index contributed by atoms with van der Waals surface area (Å²) in [5, 5.41) is 3.38. The summed E-state index contributed by atoms with van der Waals surface area (Å²) in [7, 11) is 0. The summed E-state index contributed by atoms with van der Waals surface area (Å²) in [6.45, 7) is -0.244. The second kappa shape index (κ2) is 5.82. The molecule has 0 saturated carbocycles. The van der Waals surface area contributed by atoms with Gasteiger partial charge in [0.05, 0.1) is 10.7 Å². The SMILES string of the molecule is O=C(Cn1c(=O)oc2cccnc21)Nc1cc(Cl)ccc1Cl. The third kappa shape index (κ3) is 2.84. The molecule has 0 unspecified atom stereocenters. The first-order valence-corrected chi connectivity index (χ1v) is 6.99. The molecule has 1 amide bonds. The van der Waals surface area contributed by atoms with E-state index in [0.29, 0.717) is 27.0 Å². The Morgan fingerprint density at radius 2 is 2.14 bits per heavy atom. The lowest BCUT2D eigenvalue weighted by molar-refractivity contribution is -0.116. The fraction of sp³-hybridized carbons (Fsp3) is 0.0714. The number of halogens is 2. The molecule has 0 aliphatic carbocycles. The van der Waals surface area contributed by atoms with E-state index >= 15 is 0 Å². The third-order valence-electron chi connectivity index (χ3n) is 2.93. The molecule has 1 N–H and O–H groups in total. The Bertz CT molecular complexity index is 917. The monoisotopic (exact) mass is 337 g/mol. The van der Waals surface area contributed by atoms with Crippen molar-refractivity contribution in [3.8, 4) is 0 Å². The van der Waals surface area contributed by atoms with Crippen LogP contribution in [0.15, 0.2) is 45.7 Å². The zero-order valence-electron chi connectivity index (χ0n) is 11.0. The topological polar surface area (TPSA) is 77.1 Å². The molecule has 112 valence electrons. The van der Waals surface area contributed by atoms with Crippen LogP contribution in [0.4, 0.5) is 5.69 Å². The number of carbonyl (C=O) groups is 1. The van der Waals surface area contributed by atoms with Crippen molar-refractivity contribution in [1.82, 2.24) is 9.55 Å². The van der Waals surface area contributed by atoms with Crippen molar-refractivity contribution in [2.45, 2.75) is 6.54 Å². The molecular weight excluding hydrogens is 329 g/mol. The molecule has 0 spiro atoms. The number of anilines is 1. The van der Waals surface area contributed by atoms with Gasteiger partial charge in [-0.15, -0.1) is 0 Å². The number of hydrogen-bond donors (Lipinski definition) is 1. The highest BCUT2D eigenvalue weighted by Gasteiger charge is 2.14. The maximum atomic E-state index is 12.1. The average molecular weight is 338 g/mol. The van der Waals surface area contributed by atoms with Crippen molar-refractivity contribution in [2.24, 2.45) is 0 Å². The van der Waals surface area contributed by atoms with Crippen LogP contribution in [-0.4, -0.2) is 15.5 Å². The summed E-state index contributed by atoms with van der Waals surface area (Å²) in [6.07, 6.45) is 1.51. The maximum absolute atomic E-state index is 12.1. The molecule has 0 bridgehead atoms. The van der Waals surface area contributed by atoms with E-state index in [1.807, 2.05) is 0 Å². The highest BCUT2D eigenvalue weighted by molar-refractivity contribution is 6.35. The first kappa shape index (κ1) is 14.6. The van der Waals surface area contributed by atoms with Gasteiger partial charge >= 0.3 is 5.76 Å². The number of pyridine rings is 1. The van der Waals surface area contributed by atoms with Crippen molar-refractivity contribution in [1.29, 1.82) is 0 Å². The molecule has 0 aliphatic rings. The highest BCUT2D eigenvalue weighted by atomic mass is 35.5. The van der Waals surface area contributed by atoms with Crippen LogP contribution in [0.25, 0.3) is 11.2 Å². The zero-order chi connectivity index (χ0) is 15.7. The molecule has 22 heavy (non-hydrogen) atoms. The van der Waals surface area contributed by atoms with Gasteiger partial charge in [-0.25, -0.2) is 14.3 Å². The Morgan fingerprint density at radius 1 is 1.32 bits per heavy atom. The molecule has 2 aromatic heterocycles. The molecule has 3 aromatic rings. The lowest BCUT2D eigenvalue weighted by atomic mass is 10.3. The third-order valence-corrected chi connectivity index (χ3v) is 3.49. The molecule has 0 aliphatic heterocycles. The van der Waals surface area contributed by atoms with E-state index in [9.17, 15) is 9.59 Å². The van der Waals surface area contributed by atoms with Crippen molar-refractivity contribution < 1.29 is 9.21 Å². The minimum atomic E-state index is -0.652. The van der Waals surface area contributed by atoms with Gasteiger partial charge in [0, 0.05) is 11.2 Å². The first-order chi connectivity index (χ1) is 10.5. The average Bonchev–Trinajstić information content (AvgIpc) is 2.79. The van der Waals surface area contributed by atoms with Gasteiger partial charge in [0.15, 0.2) is 11.2 Å². The number of oxazole rings is 1. The Morgan fingerprint density at radius 3 is 2.95 bits per heavy atom. The lowest BCUT2D eigenvalue weighted by Crippen LogP contribution is -2.25. The van der Waals surface area contributed by atoms with Crippen LogP contribution in [0.1, 0.15) is 0 Å². The molecule has 8 heteroatoms. The van der Waals surface area contributed by atoms with Gasteiger partial charge in [0.2, 0.25) is 5.91 Å². The molecule has 2 heterocycles. The van der Waals surface area contributed by atoms with Gasteiger partial charge < -0.3 is 9.73 Å². The summed E-state index contributed by atoms with van der Waals surface area (Å²) >= 11 is 11.8. The smallest absolute Gasteiger partial charge is 0.406 e. The van der Waals surface area contributed by atoms with Gasteiger partial charge in [-0.2, -0.15) is 0 Å². The van der Waals surface area contributed by atoms with E-state index in [-0.39, 0.29) is 6.54 Å². The predicted molar refractivity (Wildman–Crippen MR) is 83.4 cm³/mol. The number of fused-ring (bicyclic) bond motifs is 1. The lowest BCUT2D eigenvalue weighted by Gasteiger charge is -2.07. The van der Waals surface area contributed by atoms with Gasteiger partial charge in [-0.1, -0.05) is 23.2 Å². The van der Waals surface area contributed by atoms with E-state index in [1.165, 1.54) is 12.3 Å². The molecule has 0 radical (unpaired) electrons. The second-order valence-electron chi connectivity index (χ2n) is 4.45. The largest absolute Gasteiger partial charge is 0.421 e. The molecule has 0 atom stereocenters. The van der Waals surface area contributed by atoms with Crippen molar-refractivity contribution in [2.75, 3.05) is 5.32 Å². The zero-order valence-corrected chi connectivity index (χ0v) is 12.6. The minimum absolute atomic E-state index is 0.244. The molecule has 0 fully saturated rings. The van der Waals surface area contributed by atoms with Crippen LogP contribution in [0, 0.1) is 0 Å². The van der Waals surface area contributed by atoms with Gasteiger partial charge in [-0.05, 0) is 30.3 Å². The summed E-state index contributed by atoms with van der Waals surface area (Å²) < 4.78 is 6.15. The van der Waals surface area contributed by atoms with Crippen LogP contribution in [0.5, 0.6) is 0 Å². The first-order valence-electron chi connectivity index (χ1n) is 6.24. The maximum Gasteiger partial charge on any atom is 0.421 e. The normalized spacial score (nSPS) is 10.8. The summed E-state index contributed by atoms with van der Waals surface area (Å²) in [5.74, 6) is -1.10. The molecule has 0 saturated heterocycles. The van der Waals surface area contributed by atoms with Crippen LogP contribution < -0.4 is 11.1 Å². The van der Waals surface area contributed by atoms with Gasteiger partial charge in [0.1, 0.15) is 6.54 Å². The van der Waals surface area contributed by atoms with Crippen LogP contribution in [-0.2, 0) is 11.3 Å². The van der Waals surface area contributed by atoms with Crippen LogP contribution >= 0.6 is 23.2 Å². The predicted octanol–water partition coefficient (Wildman–Crippen LogP) is 2.94. The second-order valence-corrected chi connectivity index (χ2v) is 5.30. The molecule has 6 nitrogen and oxygen atoms in total. The summed E-state index contributed by atoms with van der Waals surface area (Å²) in [4.78, 5) is 27.9. The summed E-state index contributed by atoms with van der Waals surface area (Å²) in [5.41, 5.74) is 0.994. The van der Waals surface area contributed by atoms with E-state index in [0.717, 1.165) is 4.57 Å². The molecule has 1 aromatic carbocycles. The van der Waals surface area contributed by atoms with Crippen molar-refractivity contribution in [3.05, 3.63) is 57.1 Å². The minimum Gasteiger partial charge on any atom is -0.406 e. The number of amides is 1. The van der Waals surface area contributed by atoms with E-state index in [1.54, 1.807) is 24.3 Å². The van der Waals surface area contributed by atoms with Crippen molar-refractivity contribution in [3.63, 3.8) is 0 Å². The number of nitrogens with zero attached hydrogens (tertiary/aromatic N) is 2. The number of rotatable bonds is 3. The number of hydrogen-bond acceptors (Lipinski definition) is 4. The highest BCUT2D eigenvalue weighted by Crippen LogP contribution is 2.25. The quantitative estimate of drug-likeness (QED) is 0.797. The number of benzene rings is 1. The van der Waals surface area contributed by atoms with Crippen molar-refractivity contribution >= 4 is 46.0 Å². The molecular formula is C14H9Cl2N3O3. The summed E-state index contributed by atoms with van der Waals surface area (Å²) in [6, 6.07) is 7.95. The Hall–Kier alpha value is -2.31.